The average molecular weight is 418 g/mol. The molecule has 1 unspecified atom stereocenters. The third-order valence-electron chi connectivity index (χ3n) is 10.4. The van der Waals surface area contributed by atoms with Gasteiger partial charge >= 0.3 is 5.97 Å². The number of hydrogen-bond donors (Lipinski definition) is 2. The fourth-order valence-corrected chi connectivity index (χ4v) is 8.91. The molecule has 0 spiro atoms. The van der Waals surface area contributed by atoms with E-state index in [-0.39, 0.29) is 29.4 Å². The first-order chi connectivity index (χ1) is 14.2. The number of azide groups is 1. The number of aliphatic hydroxyl groups excluding tert-OH is 1. The van der Waals surface area contributed by atoms with Crippen LogP contribution in [0.2, 0.25) is 0 Å². The van der Waals surface area contributed by atoms with E-state index in [1.165, 1.54) is 25.7 Å². The summed E-state index contributed by atoms with van der Waals surface area (Å²) < 4.78 is 0. The molecule has 0 saturated heterocycles. The maximum Gasteiger partial charge on any atom is 0.303 e. The highest BCUT2D eigenvalue weighted by Crippen LogP contribution is 2.68. The Hall–Kier alpha value is -1.26. The number of rotatable bonds is 5. The summed E-state index contributed by atoms with van der Waals surface area (Å²) in [7, 11) is 0. The number of carboxylic acid groups (broad SMARTS) is 1. The minimum absolute atomic E-state index is 0.0941. The van der Waals surface area contributed by atoms with E-state index in [0.29, 0.717) is 35.5 Å². The van der Waals surface area contributed by atoms with Gasteiger partial charge in [0.05, 0.1) is 6.10 Å². The van der Waals surface area contributed by atoms with Crippen molar-refractivity contribution in [3.8, 4) is 0 Å². The summed E-state index contributed by atoms with van der Waals surface area (Å²) in [6, 6.07) is 0.0941. The Bertz CT molecular complexity index is 722. The van der Waals surface area contributed by atoms with Gasteiger partial charge in [-0.3, -0.25) is 4.79 Å². The van der Waals surface area contributed by atoms with Crippen LogP contribution in [0.1, 0.15) is 85.0 Å². The molecule has 4 saturated carbocycles. The third-order valence-corrected chi connectivity index (χ3v) is 10.4. The molecule has 168 valence electrons. The van der Waals surface area contributed by atoms with Crippen molar-refractivity contribution >= 4 is 5.97 Å². The normalized spacial score (nSPS) is 48.6. The zero-order chi connectivity index (χ0) is 21.7. The van der Waals surface area contributed by atoms with Crippen molar-refractivity contribution in [3.63, 3.8) is 0 Å². The highest BCUT2D eigenvalue weighted by Gasteiger charge is 2.62. The van der Waals surface area contributed by atoms with E-state index in [1.54, 1.807) is 0 Å². The van der Waals surface area contributed by atoms with Gasteiger partial charge in [0.2, 0.25) is 0 Å². The fourth-order valence-electron chi connectivity index (χ4n) is 8.91. The second-order valence-electron chi connectivity index (χ2n) is 11.6. The molecule has 0 aliphatic heterocycles. The molecule has 0 aromatic rings. The zero-order valence-electron chi connectivity index (χ0n) is 18.8. The number of hydrogen-bond acceptors (Lipinski definition) is 3. The maximum atomic E-state index is 11.4. The van der Waals surface area contributed by atoms with Crippen LogP contribution in [-0.2, 0) is 4.79 Å². The Balaban J connectivity index is 1.54. The molecule has 4 fully saturated rings. The van der Waals surface area contributed by atoms with Gasteiger partial charge in [-0.2, -0.15) is 0 Å². The topological polar surface area (TPSA) is 106 Å². The van der Waals surface area contributed by atoms with Crippen LogP contribution in [-0.4, -0.2) is 28.3 Å². The number of fused-ring (bicyclic) bond motifs is 5. The number of nitrogens with zero attached hydrogens (tertiary/aromatic N) is 3. The Labute approximate surface area is 180 Å². The third kappa shape index (κ3) is 3.44. The van der Waals surface area contributed by atoms with E-state index >= 15 is 0 Å². The summed E-state index contributed by atoms with van der Waals surface area (Å²) in [4.78, 5) is 14.1. The second kappa shape index (κ2) is 8.02. The molecule has 6 heteroatoms. The maximum absolute atomic E-state index is 11.4. The zero-order valence-corrected chi connectivity index (χ0v) is 18.8. The van der Waals surface area contributed by atoms with Gasteiger partial charge < -0.3 is 10.2 Å². The van der Waals surface area contributed by atoms with Crippen molar-refractivity contribution < 1.29 is 15.0 Å². The monoisotopic (exact) mass is 417 g/mol. The predicted octanol–water partition coefficient (Wildman–Crippen LogP) is 5.80. The molecule has 4 aliphatic carbocycles. The van der Waals surface area contributed by atoms with Crippen LogP contribution < -0.4 is 0 Å². The summed E-state index contributed by atoms with van der Waals surface area (Å²) in [5.74, 6) is 2.24. The van der Waals surface area contributed by atoms with E-state index in [9.17, 15) is 9.90 Å². The first-order valence-electron chi connectivity index (χ1n) is 12.1. The van der Waals surface area contributed by atoms with Crippen LogP contribution in [0.3, 0.4) is 0 Å². The molecule has 2 N–H and O–H groups in total. The van der Waals surface area contributed by atoms with Gasteiger partial charge in [-0.15, -0.1) is 0 Å². The number of carbonyl (C=O) groups is 1. The van der Waals surface area contributed by atoms with Crippen LogP contribution in [0.15, 0.2) is 5.11 Å². The lowest BCUT2D eigenvalue weighted by atomic mass is 9.43. The molecule has 0 radical (unpaired) electrons. The molecular formula is C24H39N3O3. The van der Waals surface area contributed by atoms with Gasteiger partial charge in [0.15, 0.2) is 0 Å². The molecule has 0 amide bonds. The highest BCUT2D eigenvalue weighted by molar-refractivity contribution is 5.66. The summed E-state index contributed by atoms with van der Waals surface area (Å²) in [5, 5.41) is 24.5. The van der Waals surface area contributed by atoms with Gasteiger partial charge in [0, 0.05) is 17.4 Å². The molecule has 6 nitrogen and oxygen atoms in total. The van der Waals surface area contributed by atoms with Crippen LogP contribution in [0, 0.1) is 46.3 Å². The molecule has 4 aliphatic rings. The van der Waals surface area contributed by atoms with E-state index in [1.807, 2.05) is 0 Å². The second-order valence-corrected chi connectivity index (χ2v) is 11.6. The van der Waals surface area contributed by atoms with Gasteiger partial charge in [0.25, 0.3) is 0 Å². The molecule has 0 heterocycles. The Kier molecular flexibility index (Phi) is 5.87. The fraction of sp³-hybridized carbons (Fsp3) is 0.958. The first-order valence-corrected chi connectivity index (χ1v) is 12.1. The molecule has 4 rings (SSSR count). The van der Waals surface area contributed by atoms with E-state index in [4.69, 9.17) is 10.6 Å². The number of aliphatic hydroxyl groups is 1. The summed E-state index contributed by atoms with van der Waals surface area (Å²) in [6.07, 6.45) is 9.37. The van der Waals surface area contributed by atoms with Crippen LogP contribution in [0.25, 0.3) is 10.4 Å². The highest BCUT2D eigenvalue weighted by atomic mass is 16.4. The van der Waals surface area contributed by atoms with E-state index in [0.717, 1.165) is 32.1 Å². The van der Waals surface area contributed by atoms with Crippen molar-refractivity contribution in [2.45, 2.75) is 97.1 Å². The Morgan fingerprint density at radius 3 is 2.53 bits per heavy atom. The van der Waals surface area contributed by atoms with Crippen molar-refractivity contribution in [1.29, 1.82) is 0 Å². The van der Waals surface area contributed by atoms with Crippen LogP contribution in [0.4, 0.5) is 0 Å². The Morgan fingerprint density at radius 1 is 1.13 bits per heavy atom. The SMILES string of the molecule is C[C@H](CCC(=O)O)[C@H]1CC[C@H]2[C@@H]3[C@@H](O)CC4C[C@H](N=[N+]=[N-])CC[C@]4(C)[C@H]3CC[C@]12C. The molecule has 0 bridgehead atoms. The standard InChI is InChI=1S/C24H39N3O3/c1-14(4-7-21(29)30)17-5-6-18-22-19(9-11-24(17,18)3)23(2)10-8-16(26-27-25)12-15(23)13-20(22)28/h14-20,22,28H,4-13H2,1-3H3,(H,29,30)/t14-,15?,16-,17-,18+,19+,20+,22+,23+,24-/m1/s1. The molecule has 0 aromatic carbocycles. The summed E-state index contributed by atoms with van der Waals surface area (Å²) in [5.41, 5.74) is 9.34. The van der Waals surface area contributed by atoms with Crippen LogP contribution in [0.5, 0.6) is 0 Å². The van der Waals surface area contributed by atoms with Gasteiger partial charge in [-0.1, -0.05) is 25.9 Å². The minimum atomic E-state index is -0.691. The summed E-state index contributed by atoms with van der Waals surface area (Å²) >= 11 is 0. The molecular weight excluding hydrogens is 378 g/mol. The minimum Gasteiger partial charge on any atom is -0.481 e. The van der Waals surface area contributed by atoms with Crippen molar-refractivity contribution in [3.05, 3.63) is 10.4 Å². The average Bonchev–Trinajstić information content (AvgIpc) is 3.04. The predicted molar refractivity (Wildman–Crippen MR) is 116 cm³/mol. The van der Waals surface area contributed by atoms with Crippen molar-refractivity contribution in [1.82, 2.24) is 0 Å². The lowest BCUT2D eigenvalue weighted by Crippen LogP contribution is -2.58. The Morgan fingerprint density at radius 2 is 1.83 bits per heavy atom. The summed E-state index contributed by atoms with van der Waals surface area (Å²) in [6.45, 7) is 7.15. The lowest BCUT2D eigenvalue weighted by molar-refractivity contribution is -0.166. The lowest BCUT2D eigenvalue weighted by Gasteiger charge is -2.62. The quantitative estimate of drug-likeness (QED) is 0.335. The number of carboxylic acids is 1. The van der Waals surface area contributed by atoms with E-state index in [2.05, 4.69) is 30.8 Å². The number of aliphatic carboxylic acids is 1. The molecule has 0 aromatic heterocycles. The molecule has 10 atom stereocenters. The van der Waals surface area contributed by atoms with Gasteiger partial charge in [0.1, 0.15) is 0 Å². The van der Waals surface area contributed by atoms with Crippen molar-refractivity contribution in [2.24, 2.45) is 51.5 Å². The largest absolute Gasteiger partial charge is 0.481 e. The van der Waals surface area contributed by atoms with Gasteiger partial charge in [-0.05, 0) is 110 Å². The molecule has 30 heavy (non-hydrogen) atoms. The van der Waals surface area contributed by atoms with Gasteiger partial charge in [-0.25, -0.2) is 0 Å². The van der Waals surface area contributed by atoms with E-state index < -0.39 is 5.97 Å². The van der Waals surface area contributed by atoms with Crippen LogP contribution >= 0.6 is 0 Å². The first kappa shape index (κ1) is 22.0. The van der Waals surface area contributed by atoms with Crippen molar-refractivity contribution in [2.75, 3.05) is 0 Å². The smallest absolute Gasteiger partial charge is 0.303 e.